The molecule has 0 aliphatic heterocycles. The van der Waals surface area contributed by atoms with E-state index in [1.807, 2.05) is 37.3 Å². The van der Waals surface area contributed by atoms with Crippen molar-refractivity contribution in [2.24, 2.45) is 0 Å². The standard InChI is InChI=1S/C18H22N2O3S/c1-3-24(22,23)20-17-11-7-10-16(12-17)18(21)19-13-14(2)15-8-5-4-6-9-15/h4-12,14,20H,3,13H2,1-2H3,(H,19,21)/t14-/m1/s1. The number of benzene rings is 2. The summed E-state index contributed by atoms with van der Waals surface area (Å²) in [5, 5.41) is 2.89. The average molecular weight is 346 g/mol. The van der Waals surface area contributed by atoms with E-state index in [-0.39, 0.29) is 17.6 Å². The molecule has 2 aromatic rings. The lowest BCUT2D eigenvalue weighted by Gasteiger charge is -2.13. The van der Waals surface area contributed by atoms with E-state index in [9.17, 15) is 13.2 Å². The Balaban J connectivity index is 2.00. The molecular formula is C18H22N2O3S. The molecule has 0 fully saturated rings. The van der Waals surface area contributed by atoms with Crippen molar-refractivity contribution >= 4 is 21.6 Å². The first-order chi connectivity index (χ1) is 11.4. The summed E-state index contributed by atoms with van der Waals surface area (Å²) in [6.45, 7) is 4.11. The zero-order valence-corrected chi connectivity index (χ0v) is 14.6. The van der Waals surface area contributed by atoms with Gasteiger partial charge in [-0.05, 0) is 36.6 Å². The molecule has 1 atom stereocenters. The van der Waals surface area contributed by atoms with Crippen molar-refractivity contribution in [3.63, 3.8) is 0 Å². The van der Waals surface area contributed by atoms with Crippen molar-refractivity contribution < 1.29 is 13.2 Å². The minimum Gasteiger partial charge on any atom is -0.351 e. The number of rotatable bonds is 7. The monoisotopic (exact) mass is 346 g/mol. The van der Waals surface area contributed by atoms with Crippen LogP contribution in [-0.4, -0.2) is 26.6 Å². The van der Waals surface area contributed by atoms with Gasteiger partial charge in [0.05, 0.1) is 5.75 Å². The number of sulfonamides is 1. The summed E-state index contributed by atoms with van der Waals surface area (Å²) < 4.78 is 25.7. The van der Waals surface area contributed by atoms with Crippen LogP contribution in [0.4, 0.5) is 5.69 Å². The maximum Gasteiger partial charge on any atom is 0.251 e. The van der Waals surface area contributed by atoms with E-state index >= 15 is 0 Å². The number of hydrogen-bond donors (Lipinski definition) is 2. The van der Waals surface area contributed by atoms with Crippen molar-refractivity contribution in [2.45, 2.75) is 19.8 Å². The number of carbonyl (C=O) groups is 1. The molecule has 0 aliphatic rings. The molecule has 5 nitrogen and oxygen atoms in total. The summed E-state index contributed by atoms with van der Waals surface area (Å²) in [5.41, 5.74) is 1.97. The van der Waals surface area contributed by atoms with Crippen LogP contribution in [0.25, 0.3) is 0 Å². The molecule has 0 bridgehead atoms. The molecule has 0 radical (unpaired) electrons. The number of anilines is 1. The van der Waals surface area contributed by atoms with E-state index in [4.69, 9.17) is 0 Å². The van der Waals surface area contributed by atoms with E-state index in [1.165, 1.54) is 6.07 Å². The predicted octanol–water partition coefficient (Wildman–Crippen LogP) is 2.98. The first-order valence-corrected chi connectivity index (χ1v) is 9.50. The van der Waals surface area contributed by atoms with Crippen LogP contribution >= 0.6 is 0 Å². The summed E-state index contributed by atoms with van der Waals surface area (Å²) in [6, 6.07) is 16.4. The first-order valence-electron chi connectivity index (χ1n) is 7.85. The van der Waals surface area contributed by atoms with Gasteiger partial charge in [-0.3, -0.25) is 9.52 Å². The molecule has 2 rings (SSSR count). The quantitative estimate of drug-likeness (QED) is 0.809. The maximum atomic E-state index is 12.3. The second kappa shape index (κ2) is 7.97. The molecule has 0 aromatic heterocycles. The van der Waals surface area contributed by atoms with Crippen molar-refractivity contribution in [3.05, 3.63) is 65.7 Å². The Morgan fingerprint density at radius 3 is 2.46 bits per heavy atom. The Hall–Kier alpha value is -2.34. The van der Waals surface area contributed by atoms with Gasteiger partial charge in [0.1, 0.15) is 0 Å². The summed E-state index contributed by atoms with van der Waals surface area (Å²) in [4.78, 5) is 12.3. The third-order valence-electron chi connectivity index (χ3n) is 3.72. The van der Waals surface area contributed by atoms with Crippen molar-refractivity contribution in [3.8, 4) is 0 Å². The highest BCUT2D eigenvalue weighted by atomic mass is 32.2. The van der Waals surface area contributed by atoms with Gasteiger partial charge in [0.25, 0.3) is 5.91 Å². The molecule has 2 aromatic carbocycles. The fourth-order valence-electron chi connectivity index (χ4n) is 2.22. The van der Waals surface area contributed by atoms with Gasteiger partial charge >= 0.3 is 0 Å². The summed E-state index contributed by atoms with van der Waals surface area (Å²) in [5.74, 6) is -0.0508. The molecule has 0 unspecified atom stereocenters. The Morgan fingerprint density at radius 1 is 1.08 bits per heavy atom. The second-order valence-electron chi connectivity index (χ2n) is 5.61. The summed E-state index contributed by atoms with van der Waals surface area (Å²) in [6.07, 6.45) is 0. The van der Waals surface area contributed by atoms with Crippen LogP contribution < -0.4 is 10.0 Å². The molecule has 24 heavy (non-hydrogen) atoms. The van der Waals surface area contributed by atoms with Crippen LogP contribution in [0, 0.1) is 0 Å². The van der Waals surface area contributed by atoms with Gasteiger partial charge in [-0.15, -0.1) is 0 Å². The fourth-order valence-corrected chi connectivity index (χ4v) is 2.85. The van der Waals surface area contributed by atoms with Crippen LogP contribution in [-0.2, 0) is 10.0 Å². The van der Waals surface area contributed by atoms with Crippen LogP contribution in [0.3, 0.4) is 0 Å². The molecule has 2 N–H and O–H groups in total. The average Bonchev–Trinajstić information content (AvgIpc) is 2.60. The molecule has 0 heterocycles. The van der Waals surface area contributed by atoms with Crippen molar-refractivity contribution in [1.29, 1.82) is 0 Å². The number of hydrogen-bond acceptors (Lipinski definition) is 3. The minimum atomic E-state index is -3.36. The lowest BCUT2D eigenvalue weighted by Crippen LogP contribution is -2.27. The zero-order valence-electron chi connectivity index (χ0n) is 13.8. The van der Waals surface area contributed by atoms with Gasteiger partial charge in [-0.1, -0.05) is 43.3 Å². The molecule has 0 spiro atoms. The van der Waals surface area contributed by atoms with Crippen LogP contribution in [0.15, 0.2) is 54.6 Å². The van der Waals surface area contributed by atoms with E-state index in [2.05, 4.69) is 10.0 Å². The summed E-state index contributed by atoms with van der Waals surface area (Å²) >= 11 is 0. The minimum absolute atomic E-state index is 0.0159. The molecule has 0 saturated carbocycles. The van der Waals surface area contributed by atoms with Gasteiger partial charge in [-0.2, -0.15) is 0 Å². The van der Waals surface area contributed by atoms with E-state index in [0.29, 0.717) is 17.8 Å². The number of amides is 1. The largest absolute Gasteiger partial charge is 0.351 e. The van der Waals surface area contributed by atoms with Gasteiger partial charge < -0.3 is 5.32 Å². The normalized spacial score (nSPS) is 12.4. The van der Waals surface area contributed by atoms with Crippen LogP contribution in [0.5, 0.6) is 0 Å². The highest BCUT2D eigenvalue weighted by Gasteiger charge is 2.11. The third-order valence-corrected chi connectivity index (χ3v) is 5.02. The molecule has 0 saturated heterocycles. The van der Waals surface area contributed by atoms with Gasteiger partial charge in [0, 0.05) is 17.8 Å². The zero-order chi connectivity index (χ0) is 17.6. The van der Waals surface area contributed by atoms with Crippen LogP contribution in [0.1, 0.15) is 35.7 Å². The van der Waals surface area contributed by atoms with E-state index in [0.717, 1.165) is 5.56 Å². The van der Waals surface area contributed by atoms with E-state index < -0.39 is 10.0 Å². The van der Waals surface area contributed by atoms with Crippen molar-refractivity contribution in [2.75, 3.05) is 17.0 Å². The Labute approximate surface area is 143 Å². The lowest BCUT2D eigenvalue weighted by molar-refractivity contribution is 0.0951. The maximum absolute atomic E-state index is 12.3. The second-order valence-corrected chi connectivity index (χ2v) is 7.62. The number of carbonyl (C=O) groups excluding carboxylic acids is 1. The molecule has 128 valence electrons. The highest BCUT2D eigenvalue weighted by molar-refractivity contribution is 7.92. The molecule has 1 amide bonds. The smallest absolute Gasteiger partial charge is 0.251 e. The third kappa shape index (κ3) is 5.09. The summed E-state index contributed by atoms with van der Waals surface area (Å²) in [7, 11) is -3.36. The lowest BCUT2D eigenvalue weighted by atomic mass is 10.0. The Morgan fingerprint density at radius 2 is 1.79 bits per heavy atom. The SMILES string of the molecule is CCS(=O)(=O)Nc1cccc(C(=O)NC[C@@H](C)c2ccccc2)c1. The Bertz CT molecular complexity index is 789. The van der Waals surface area contributed by atoms with Gasteiger partial charge in [0.15, 0.2) is 0 Å². The fraction of sp³-hybridized carbons (Fsp3) is 0.278. The Kier molecular flexibility index (Phi) is 5.98. The number of nitrogens with one attached hydrogen (secondary N) is 2. The first kappa shape index (κ1) is 18.0. The highest BCUT2D eigenvalue weighted by Crippen LogP contribution is 2.15. The van der Waals surface area contributed by atoms with Gasteiger partial charge in [0.2, 0.25) is 10.0 Å². The molecular weight excluding hydrogens is 324 g/mol. The van der Waals surface area contributed by atoms with Crippen molar-refractivity contribution in [1.82, 2.24) is 5.32 Å². The van der Waals surface area contributed by atoms with Gasteiger partial charge in [-0.25, -0.2) is 8.42 Å². The predicted molar refractivity (Wildman–Crippen MR) is 96.7 cm³/mol. The molecule has 0 aliphatic carbocycles. The molecule has 6 heteroatoms. The van der Waals surface area contributed by atoms with E-state index in [1.54, 1.807) is 25.1 Å². The topological polar surface area (TPSA) is 75.3 Å². The van der Waals surface area contributed by atoms with Crippen LogP contribution in [0.2, 0.25) is 0 Å².